The molecule has 0 fully saturated rings. The molecule has 1 amide bonds. The van der Waals surface area contributed by atoms with Gasteiger partial charge in [-0.2, -0.15) is 8.78 Å². The van der Waals surface area contributed by atoms with E-state index in [1.165, 1.54) is 12.1 Å². The Bertz CT molecular complexity index is 662. The minimum absolute atomic E-state index is 0.0828. The second-order valence-corrected chi connectivity index (χ2v) is 4.84. The van der Waals surface area contributed by atoms with Gasteiger partial charge in [-0.3, -0.25) is 4.79 Å². The molecule has 0 atom stereocenters. The maximum absolute atomic E-state index is 12.3. The van der Waals surface area contributed by atoms with Crippen molar-refractivity contribution in [2.45, 2.75) is 18.4 Å². The number of anilines is 1. The lowest BCUT2D eigenvalue weighted by molar-refractivity contribution is -0.0493. The summed E-state index contributed by atoms with van der Waals surface area (Å²) >= 11 is 4.18. The van der Waals surface area contributed by atoms with E-state index >= 15 is 0 Å². The van der Waals surface area contributed by atoms with E-state index in [1.807, 2.05) is 0 Å². The first-order chi connectivity index (χ1) is 9.97. The van der Waals surface area contributed by atoms with E-state index in [9.17, 15) is 13.6 Å². The number of ether oxygens (including phenoxy) is 1. The number of carbonyl (C=O) groups excluding carboxylic acids is 1. The summed E-state index contributed by atoms with van der Waals surface area (Å²) in [6, 6.07) is 11.2. The van der Waals surface area contributed by atoms with Crippen LogP contribution in [0.1, 0.15) is 15.9 Å². The molecule has 21 heavy (non-hydrogen) atoms. The molecule has 0 spiro atoms. The van der Waals surface area contributed by atoms with Crippen molar-refractivity contribution < 1.29 is 18.3 Å². The number of thiol groups is 1. The van der Waals surface area contributed by atoms with Gasteiger partial charge in [0.2, 0.25) is 0 Å². The van der Waals surface area contributed by atoms with Crippen molar-refractivity contribution >= 4 is 24.2 Å². The third-order valence-corrected chi connectivity index (χ3v) is 3.10. The van der Waals surface area contributed by atoms with Crippen molar-refractivity contribution in [1.29, 1.82) is 0 Å². The van der Waals surface area contributed by atoms with Crippen LogP contribution in [0.4, 0.5) is 14.5 Å². The maximum atomic E-state index is 12.3. The largest absolute Gasteiger partial charge is 0.433 e. The highest BCUT2D eigenvalue weighted by Crippen LogP contribution is 2.26. The molecule has 0 aliphatic heterocycles. The van der Waals surface area contributed by atoms with Gasteiger partial charge in [0.25, 0.3) is 5.91 Å². The lowest BCUT2D eigenvalue weighted by atomic mass is 10.1. The van der Waals surface area contributed by atoms with Gasteiger partial charge in [0.1, 0.15) is 5.75 Å². The molecule has 0 aromatic heterocycles. The number of carbonyl (C=O) groups is 1. The first kappa shape index (κ1) is 15.3. The molecule has 2 aromatic rings. The molecule has 110 valence electrons. The summed E-state index contributed by atoms with van der Waals surface area (Å²) in [5.74, 6) is -0.491. The highest BCUT2D eigenvalue weighted by molar-refractivity contribution is 7.80. The molecule has 0 unspecified atom stereocenters. The molecule has 0 aliphatic rings. The summed E-state index contributed by atoms with van der Waals surface area (Å²) in [5.41, 5.74) is 1.37. The van der Waals surface area contributed by atoms with E-state index < -0.39 is 12.5 Å². The van der Waals surface area contributed by atoms with Crippen molar-refractivity contribution in [3.05, 3.63) is 53.6 Å². The summed E-state index contributed by atoms with van der Waals surface area (Å²) < 4.78 is 29.0. The molecule has 3 nitrogen and oxygen atoms in total. The van der Waals surface area contributed by atoms with Crippen LogP contribution in [0.25, 0.3) is 0 Å². The molecule has 0 heterocycles. The van der Waals surface area contributed by atoms with Crippen LogP contribution in [-0.2, 0) is 0 Å². The van der Waals surface area contributed by atoms with Crippen LogP contribution < -0.4 is 10.1 Å². The lowest BCUT2D eigenvalue weighted by Crippen LogP contribution is -2.15. The first-order valence-electron chi connectivity index (χ1n) is 6.12. The Kier molecular flexibility index (Phi) is 4.80. The van der Waals surface area contributed by atoms with Crippen molar-refractivity contribution in [2.24, 2.45) is 0 Å². The summed E-state index contributed by atoms with van der Waals surface area (Å²) in [5, 5.41) is 2.57. The van der Waals surface area contributed by atoms with Gasteiger partial charge < -0.3 is 10.1 Å². The maximum Gasteiger partial charge on any atom is 0.387 e. The van der Waals surface area contributed by atoms with Gasteiger partial charge in [0.15, 0.2) is 0 Å². The second-order valence-electron chi connectivity index (χ2n) is 4.33. The van der Waals surface area contributed by atoms with E-state index in [-0.39, 0.29) is 11.4 Å². The molecular weight excluding hydrogens is 296 g/mol. The average Bonchev–Trinajstić information content (AvgIpc) is 2.43. The number of amides is 1. The SMILES string of the molecule is Cc1ccc(S)cc1C(=O)Nc1ccccc1OC(F)F. The molecule has 1 N–H and O–H groups in total. The monoisotopic (exact) mass is 309 g/mol. The van der Waals surface area contributed by atoms with E-state index in [4.69, 9.17) is 0 Å². The quantitative estimate of drug-likeness (QED) is 0.833. The topological polar surface area (TPSA) is 38.3 Å². The number of alkyl halides is 2. The number of rotatable bonds is 4. The number of nitrogens with one attached hydrogen (secondary N) is 1. The van der Waals surface area contributed by atoms with Crippen LogP contribution in [0.2, 0.25) is 0 Å². The van der Waals surface area contributed by atoms with Gasteiger partial charge in [0.05, 0.1) is 5.69 Å². The highest BCUT2D eigenvalue weighted by Gasteiger charge is 2.14. The Morgan fingerprint density at radius 3 is 2.67 bits per heavy atom. The second kappa shape index (κ2) is 6.58. The predicted octanol–water partition coefficient (Wildman–Crippen LogP) is 4.14. The summed E-state index contributed by atoms with van der Waals surface area (Å²) in [7, 11) is 0. The Morgan fingerprint density at radius 1 is 1.24 bits per heavy atom. The smallest absolute Gasteiger partial charge is 0.387 e. The molecule has 2 rings (SSSR count). The van der Waals surface area contributed by atoms with Crippen LogP contribution in [0.3, 0.4) is 0 Å². The fraction of sp³-hybridized carbons (Fsp3) is 0.133. The molecule has 0 bridgehead atoms. The van der Waals surface area contributed by atoms with Crippen molar-refractivity contribution in [1.82, 2.24) is 0 Å². The van der Waals surface area contributed by atoms with Crippen LogP contribution in [0, 0.1) is 6.92 Å². The third-order valence-electron chi connectivity index (χ3n) is 2.82. The molecule has 0 saturated heterocycles. The number of benzene rings is 2. The number of hydrogen-bond donors (Lipinski definition) is 2. The van der Waals surface area contributed by atoms with E-state index in [0.29, 0.717) is 10.5 Å². The number of aryl methyl sites for hydroxylation is 1. The Labute approximate surface area is 126 Å². The van der Waals surface area contributed by atoms with Crippen LogP contribution in [-0.4, -0.2) is 12.5 Å². The molecule has 2 aromatic carbocycles. The van der Waals surface area contributed by atoms with Crippen LogP contribution in [0.15, 0.2) is 47.4 Å². The normalized spacial score (nSPS) is 10.5. The number of hydrogen-bond acceptors (Lipinski definition) is 3. The summed E-state index contributed by atoms with van der Waals surface area (Å²) in [6.45, 7) is -1.17. The Balaban J connectivity index is 2.25. The van der Waals surface area contributed by atoms with Crippen LogP contribution in [0.5, 0.6) is 5.75 Å². The average molecular weight is 309 g/mol. The predicted molar refractivity (Wildman–Crippen MR) is 79.5 cm³/mol. The van der Waals surface area contributed by atoms with Crippen molar-refractivity contribution in [2.75, 3.05) is 5.32 Å². The standard InChI is InChI=1S/C15H13F2NO2S/c1-9-6-7-10(21)8-11(9)14(19)18-12-4-2-3-5-13(12)20-15(16)17/h2-8,15,21H,1H3,(H,18,19). The van der Waals surface area contributed by atoms with Crippen molar-refractivity contribution in [3.63, 3.8) is 0 Å². The van der Waals surface area contributed by atoms with Gasteiger partial charge in [-0.1, -0.05) is 18.2 Å². The minimum atomic E-state index is -2.95. The number of para-hydroxylation sites is 2. The third kappa shape index (κ3) is 3.95. The minimum Gasteiger partial charge on any atom is -0.433 e. The number of halogens is 2. The van der Waals surface area contributed by atoms with Gasteiger partial charge in [0, 0.05) is 10.5 Å². The Morgan fingerprint density at radius 2 is 1.95 bits per heavy atom. The van der Waals surface area contributed by atoms with E-state index in [1.54, 1.807) is 37.3 Å². The van der Waals surface area contributed by atoms with Gasteiger partial charge in [-0.05, 0) is 36.8 Å². The van der Waals surface area contributed by atoms with Gasteiger partial charge in [-0.25, -0.2) is 0 Å². The van der Waals surface area contributed by atoms with Gasteiger partial charge >= 0.3 is 6.61 Å². The zero-order valence-corrected chi connectivity index (χ0v) is 12.0. The first-order valence-corrected chi connectivity index (χ1v) is 6.57. The summed E-state index contributed by atoms with van der Waals surface area (Å²) in [4.78, 5) is 12.9. The lowest BCUT2D eigenvalue weighted by Gasteiger charge is -2.12. The molecule has 0 aliphatic carbocycles. The molecule has 0 radical (unpaired) electrons. The van der Waals surface area contributed by atoms with Gasteiger partial charge in [-0.15, -0.1) is 12.6 Å². The van der Waals surface area contributed by atoms with E-state index in [2.05, 4.69) is 22.7 Å². The molecule has 0 saturated carbocycles. The molecular formula is C15H13F2NO2S. The molecule has 6 heteroatoms. The fourth-order valence-corrected chi connectivity index (χ4v) is 2.02. The fourth-order valence-electron chi connectivity index (χ4n) is 1.81. The van der Waals surface area contributed by atoms with Crippen LogP contribution >= 0.6 is 12.6 Å². The van der Waals surface area contributed by atoms with Crippen molar-refractivity contribution in [3.8, 4) is 5.75 Å². The summed E-state index contributed by atoms with van der Waals surface area (Å²) in [6.07, 6.45) is 0. The zero-order valence-electron chi connectivity index (χ0n) is 11.1. The highest BCUT2D eigenvalue weighted by atomic mass is 32.1. The van der Waals surface area contributed by atoms with E-state index in [0.717, 1.165) is 5.56 Å². The zero-order chi connectivity index (χ0) is 15.4. The Hall–Kier alpha value is -2.08.